The normalized spacial score (nSPS) is 12.3. The molecule has 204 valence electrons. The molecule has 4 rings (SSSR count). The third-order valence-corrected chi connectivity index (χ3v) is 6.91. The van der Waals surface area contributed by atoms with Gasteiger partial charge in [0.15, 0.2) is 5.82 Å². The SMILES string of the molecule is CCn1cc(/C(C)=C/c2ncnc(-c3ccc(CNC(=O)c4ncc(C(C)(C)C)[nH]4)c(C)c3)c2C(C)C)cn1. The van der Waals surface area contributed by atoms with Crippen molar-refractivity contribution in [2.45, 2.75) is 79.8 Å². The molecule has 1 aromatic carbocycles. The van der Waals surface area contributed by atoms with Gasteiger partial charge in [0.1, 0.15) is 6.33 Å². The molecule has 1 amide bonds. The summed E-state index contributed by atoms with van der Waals surface area (Å²) in [4.78, 5) is 29.4. The molecule has 4 aromatic rings. The van der Waals surface area contributed by atoms with Gasteiger partial charge >= 0.3 is 0 Å². The van der Waals surface area contributed by atoms with Crippen LogP contribution in [-0.4, -0.2) is 35.6 Å². The third-order valence-electron chi connectivity index (χ3n) is 6.91. The van der Waals surface area contributed by atoms with Gasteiger partial charge in [-0.15, -0.1) is 0 Å². The quantitative estimate of drug-likeness (QED) is 0.281. The summed E-state index contributed by atoms with van der Waals surface area (Å²) < 4.78 is 1.92. The maximum atomic E-state index is 12.7. The maximum absolute atomic E-state index is 12.7. The van der Waals surface area contributed by atoms with E-state index in [0.29, 0.717) is 12.4 Å². The van der Waals surface area contributed by atoms with E-state index in [4.69, 9.17) is 4.98 Å². The highest BCUT2D eigenvalue weighted by atomic mass is 16.2. The Morgan fingerprint density at radius 3 is 2.54 bits per heavy atom. The van der Waals surface area contributed by atoms with Gasteiger partial charge in [-0.3, -0.25) is 9.48 Å². The van der Waals surface area contributed by atoms with Crippen LogP contribution < -0.4 is 5.32 Å². The number of hydrogen-bond donors (Lipinski definition) is 2. The number of carbonyl (C=O) groups is 1. The second-order valence-corrected chi connectivity index (χ2v) is 11.3. The largest absolute Gasteiger partial charge is 0.345 e. The van der Waals surface area contributed by atoms with Crippen LogP contribution in [0.1, 0.15) is 98.6 Å². The molecule has 0 unspecified atom stereocenters. The van der Waals surface area contributed by atoms with Gasteiger partial charge in [-0.25, -0.2) is 15.0 Å². The lowest BCUT2D eigenvalue weighted by Gasteiger charge is -2.16. The lowest BCUT2D eigenvalue weighted by Crippen LogP contribution is -2.24. The fourth-order valence-corrected chi connectivity index (χ4v) is 4.47. The zero-order chi connectivity index (χ0) is 28.3. The Balaban J connectivity index is 1.57. The average molecular weight is 526 g/mol. The van der Waals surface area contributed by atoms with Crippen LogP contribution in [0, 0.1) is 6.92 Å². The highest BCUT2D eigenvalue weighted by Gasteiger charge is 2.20. The Labute approximate surface area is 231 Å². The van der Waals surface area contributed by atoms with Gasteiger partial charge in [0, 0.05) is 53.3 Å². The number of H-pyrrole nitrogens is 1. The molecule has 0 radical (unpaired) electrons. The van der Waals surface area contributed by atoms with E-state index >= 15 is 0 Å². The van der Waals surface area contributed by atoms with E-state index in [-0.39, 0.29) is 17.2 Å². The second-order valence-electron chi connectivity index (χ2n) is 11.3. The van der Waals surface area contributed by atoms with Crippen molar-refractivity contribution in [2.24, 2.45) is 0 Å². The number of hydrogen-bond acceptors (Lipinski definition) is 5. The summed E-state index contributed by atoms with van der Waals surface area (Å²) in [6, 6.07) is 6.25. The molecule has 0 saturated carbocycles. The van der Waals surface area contributed by atoms with Crippen molar-refractivity contribution < 1.29 is 4.79 Å². The van der Waals surface area contributed by atoms with Crippen molar-refractivity contribution in [3.8, 4) is 11.3 Å². The fourth-order valence-electron chi connectivity index (χ4n) is 4.47. The Morgan fingerprint density at radius 2 is 1.92 bits per heavy atom. The molecule has 0 aliphatic rings. The summed E-state index contributed by atoms with van der Waals surface area (Å²) in [6.45, 7) is 18.0. The van der Waals surface area contributed by atoms with Gasteiger partial charge in [0.25, 0.3) is 5.91 Å². The van der Waals surface area contributed by atoms with Gasteiger partial charge < -0.3 is 10.3 Å². The van der Waals surface area contributed by atoms with E-state index in [1.54, 1.807) is 12.5 Å². The van der Waals surface area contributed by atoms with E-state index < -0.39 is 0 Å². The van der Waals surface area contributed by atoms with Crippen molar-refractivity contribution in [1.29, 1.82) is 0 Å². The van der Waals surface area contributed by atoms with Crippen molar-refractivity contribution in [3.63, 3.8) is 0 Å². The summed E-state index contributed by atoms with van der Waals surface area (Å²) in [7, 11) is 0. The Morgan fingerprint density at radius 1 is 1.15 bits per heavy atom. The number of imidazole rings is 1. The highest BCUT2D eigenvalue weighted by molar-refractivity contribution is 5.90. The van der Waals surface area contributed by atoms with Gasteiger partial charge in [0.05, 0.1) is 17.6 Å². The molecule has 0 spiro atoms. The minimum atomic E-state index is -0.219. The van der Waals surface area contributed by atoms with E-state index in [0.717, 1.165) is 57.0 Å². The lowest BCUT2D eigenvalue weighted by molar-refractivity contribution is 0.0941. The Bertz CT molecular complexity index is 1500. The molecule has 2 N–H and O–H groups in total. The molecule has 0 saturated heterocycles. The highest BCUT2D eigenvalue weighted by Crippen LogP contribution is 2.32. The topological polar surface area (TPSA) is 101 Å². The van der Waals surface area contributed by atoms with Crippen molar-refractivity contribution in [1.82, 2.24) is 35.0 Å². The molecule has 8 heteroatoms. The van der Waals surface area contributed by atoms with Crippen LogP contribution in [0.5, 0.6) is 0 Å². The zero-order valence-corrected chi connectivity index (χ0v) is 24.3. The lowest BCUT2D eigenvalue weighted by atomic mass is 9.92. The molecule has 8 nitrogen and oxygen atoms in total. The Hall–Kier alpha value is -4.07. The van der Waals surface area contributed by atoms with Crippen LogP contribution in [-0.2, 0) is 18.5 Å². The molecule has 0 fully saturated rings. The van der Waals surface area contributed by atoms with E-state index in [2.05, 4.69) is 111 Å². The number of nitrogens with zero attached hydrogens (tertiary/aromatic N) is 5. The van der Waals surface area contributed by atoms with Crippen LogP contribution in [0.25, 0.3) is 22.9 Å². The standard InChI is InChI=1S/C31H39N7O/c1-9-38-17-24(15-36-38)21(5)13-25-27(19(2)3)28(35-18-34-25)22-10-11-23(20(4)12-22)14-33-30(39)29-32-16-26(37-29)31(6,7)8/h10-13,15-19H,9,14H2,1-8H3,(H,32,37)(H,33,39)/b21-13+. The van der Waals surface area contributed by atoms with Crippen LogP contribution in [0.3, 0.4) is 0 Å². The van der Waals surface area contributed by atoms with Crippen molar-refractivity contribution in [2.75, 3.05) is 0 Å². The minimum absolute atomic E-state index is 0.0968. The summed E-state index contributed by atoms with van der Waals surface area (Å²) in [5.74, 6) is 0.335. The van der Waals surface area contributed by atoms with Crippen molar-refractivity contribution in [3.05, 3.63) is 82.6 Å². The molecular weight excluding hydrogens is 486 g/mol. The smallest absolute Gasteiger partial charge is 0.287 e. The van der Waals surface area contributed by atoms with Gasteiger partial charge in [0.2, 0.25) is 0 Å². The number of rotatable bonds is 8. The van der Waals surface area contributed by atoms with Crippen LogP contribution in [0.15, 0.2) is 43.1 Å². The molecule has 39 heavy (non-hydrogen) atoms. The van der Waals surface area contributed by atoms with Gasteiger partial charge in [-0.1, -0.05) is 46.8 Å². The predicted molar refractivity (Wildman–Crippen MR) is 156 cm³/mol. The first-order valence-electron chi connectivity index (χ1n) is 13.5. The number of aromatic nitrogens is 6. The molecule has 3 heterocycles. The number of allylic oxidation sites excluding steroid dienone is 1. The number of nitrogens with one attached hydrogen (secondary N) is 2. The van der Waals surface area contributed by atoms with E-state index in [1.165, 1.54) is 0 Å². The summed E-state index contributed by atoms with van der Waals surface area (Å²) >= 11 is 0. The summed E-state index contributed by atoms with van der Waals surface area (Å²) in [5, 5.41) is 7.39. The first kappa shape index (κ1) is 28.0. The third kappa shape index (κ3) is 6.33. The average Bonchev–Trinajstić information content (AvgIpc) is 3.58. The van der Waals surface area contributed by atoms with Crippen LogP contribution >= 0.6 is 0 Å². The monoisotopic (exact) mass is 525 g/mol. The second kappa shape index (κ2) is 11.4. The molecular formula is C31H39N7O. The number of aromatic amines is 1. The van der Waals surface area contributed by atoms with Gasteiger partial charge in [-0.2, -0.15) is 5.10 Å². The maximum Gasteiger partial charge on any atom is 0.287 e. The molecule has 0 atom stereocenters. The number of aryl methyl sites for hydroxylation is 2. The van der Waals surface area contributed by atoms with Gasteiger partial charge in [-0.05, 0) is 55.5 Å². The van der Waals surface area contributed by atoms with Crippen molar-refractivity contribution >= 4 is 17.6 Å². The van der Waals surface area contributed by atoms with E-state index in [1.807, 2.05) is 10.9 Å². The predicted octanol–water partition coefficient (Wildman–Crippen LogP) is 6.30. The summed E-state index contributed by atoms with van der Waals surface area (Å²) in [6.07, 6.45) is 9.43. The summed E-state index contributed by atoms with van der Waals surface area (Å²) in [5.41, 5.74) is 9.11. The van der Waals surface area contributed by atoms with E-state index in [9.17, 15) is 4.79 Å². The first-order valence-corrected chi connectivity index (χ1v) is 13.5. The number of benzene rings is 1. The Kier molecular flexibility index (Phi) is 8.14. The zero-order valence-electron chi connectivity index (χ0n) is 24.3. The minimum Gasteiger partial charge on any atom is -0.345 e. The van der Waals surface area contributed by atoms with Crippen LogP contribution in [0.2, 0.25) is 0 Å². The number of carbonyl (C=O) groups excluding carboxylic acids is 1. The fraction of sp³-hybridized carbons (Fsp3) is 0.387. The molecule has 0 bridgehead atoms. The first-order chi connectivity index (χ1) is 18.5. The molecule has 3 aromatic heterocycles. The molecule has 0 aliphatic carbocycles. The van der Waals surface area contributed by atoms with Crippen LogP contribution in [0.4, 0.5) is 0 Å². The number of amides is 1. The molecule has 0 aliphatic heterocycles.